The lowest BCUT2D eigenvalue weighted by atomic mass is 9.90. The van der Waals surface area contributed by atoms with E-state index in [4.69, 9.17) is 9.16 Å². The minimum atomic E-state index is -1.72. The molecule has 0 spiro atoms. The Hall–Kier alpha value is -0.653. The molecule has 3 atom stereocenters. The number of hydrogen-bond acceptors (Lipinski definition) is 4. The molecule has 1 rings (SSSR count). The van der Waals surface area contributed by atoms with Gasteiger partial charge in [0, 0.05) is 12.1 Å². The van der Waals surface area contributed by atoms with Crippen LogP contribution in [0.2, 0.25) is 18.1 Å². The molecule has 26 heavy (non-hydrogen) atoms. The zero-order valence-electron chi connectivity index (χ0n) is 18.9. The van der Waals surface area contributed by atoms with Gasteiger partial charge in [0.2, 0.25) is 0 Å². The normalized spacial score (nSPS) is 24.8. The van der Waals surface area contributed by atoms with Crippen molar-refractivity contribution in [1.29, 1.82) is 0 Å². The molecule has 5 heteroatoms. The maximum absolute atomic E-state index is 12.2. The molecule has 0 bridgehead atoms. The first-order chi connectivity index (χ1) is 11.5. The summed E-state index contributed by atoms with van der Waals surface area (Å²) in [5, 5.41) is 0.219. The van der Waals surface area contributed by atoms with Crippen LogP contribution in [0.3, 0.4) is 0 Å². The number of esters is 1. The molecule has 0 N–H and O–H groups in total. The second-order valence-corrected chi connectivity index (χ2v) is 15.9. The van der Waals surface area contributed by atoms with Gasteiger partial charge in [0.25, 0.3) is 0 Å². The quantitative estimate of drug-likeness (QED) is 0.280. The van der Waals surface area contributed by atoms with Crippen LogP contribution in [0, 0.1) is 5.41 Å². The van der Waals surface area contributed by atoms with E-state index in [1.165, 1.54) is 0 Å². The fraction of sp³-hybridized carbons (Fsp3) is 0.857. The molecule has 152 valence electrons. The van der Waals surface area contributed by atoms with Gasteiger partial charge in [0.1, 0.15) is 5.60 Å². The van der Waals surface area contributed by atoms with Crippen molar-refractivity contribution in [2.75, 3.05) is 13.2 Å². The zero-order chi connectivity index (χ0) is 20.6. The van der Waals surface area contributed by atoms with Gasteiger partial charge < -0.3 is 9.16 Å². The van der Waals surface area contributed by atoms with E-state index in [1.807, 2.05) is 20.8 Å². The zero-order valence-corrected chi connectivity index (χ0v) is 19.9. The average molecular weight is 384 g/mol. The van der Waals surface area contributed by atoms with E-state index in [-0.39, 0.29) is 22.5 Å². The van der Waals surface area contributed by atoms with Crippen LogP contribution < -0.4 is 0 Å². The van der Waals surface area contributed by atoms with Crippen LogP contribution in [-0.4, -0.2) is 50.0 Å². The number of rotatable bonds is 6. The molecule has 0 amide bonds. The summed E-state index contributed by atoms with van der Waals surface area (Å²) in [5.74, 6) is -0.153. The highest BCUT2D eigenvalue weighted by molar-refractivity contribution is 6.74. The van der Waals surface area contributed by atoms with E-state index >= 15 is 0 Å². The Kier molecular flexibility index (Phi) is 6.98. The molecule has 0 aromatic heterocycles. The highest BCUT2D eigenvalue weighted by Gasteiger charge is 2.53. The fourth-order valence-electron chi connectivity index (χ4n) is 2.92. The van der Waals surface area contributed by atoms with Crippen molar-refractivity contribution in [3.05, 3.63) is 12.2 Å². The minimum Gasteiger partial charge on any atom is -0.459 e. The van der Waals surface area contributed by atoms with Crippen molar-refractivity contribution >= 4 is 14.3 Å². The Balaban J connectivity index is 2.64. The van der Waals surface area contributed by atoms with E-state index < -0.39 is 13.9 Å². The largest absolute Gasteiger partial charge is 0.459 e. The van der Waals surface area contributed by atoms with Gasteiger partial charge in [0.15, 0.2) is 8.32 Å². The molecule has 0 aromatic rings. The van der Waals surface area contributed by atoms with Gasteiger partial charge in [-0.1, -0.05) is 53.7 Å². The Morgan fingerprint density at radius 3 is 2.00 bits per heavy atom. The van der Waals surface area contributed by atoms with E-state index in [9.17, 15) is 4.79 Å². The molecular weight excluding hydrogens is 342 g/mol. The first-order valence-electron chi connectivity index (χ1n) is 9.74. The van der Waals surface area contributed by atoms with Gasteiger partial charge >= 0.3 is 5.97 Å². The highest BCUT2D eigenvalue weighted by atomic mass is 28.4. The SMILES string of the molecule is CC(C)(C)OC(=O)CN1[C@H](C(C)(C)C)[C@@H]1/C=C/CO[Si](C)(C)C(C)(C)C. The number of carbonyl (C=O) groups is 1. The van der Waals surface area contributed by atoms with Crippen molar-refractivity contribution in [1.82, 2.24) is 4.90 Å². The third kappa shape index (κ3) is 6.82. The average Bonchev–Trinajstić information content (AvgIpc) is 3.03. The van der Waals surface area contributed by atoms with Gasteiger partial charge in [-0.15, -0.1) is 0 Å². The van der Waals surface area contributed by atoms with Crippen molar-refractivity contribution in [3.63, 3.8) is 0 Å². The Morgan fingerprint density at radius 2 is 1.58 bits per heavy atom. The third-order valence-electron chi connectivity index (χ3n) is 5.27. The van der Waals surface area contributed by atoms with Crippen molar-refractivity contribution in [2.45, 2.75) is 98.1 Å². The van der Waals surface area contributed by atoms with Crippen LogP contribution in [0.4, 0.5) is 0 Å². The summed E-state index contributed by atoms with van der Waals surface area (Å²) in [6.45, 7) is 24.7. The maximum atomic E-state index is 12.2. The van der Waals surface area contributed by atoms with Gasteiger partial charge in [0.05, 0.1) is 13.2 Å². The van der Waals surface area contributed by atoms with Crippen molar-refractivity contribution in [3.8, 4) is 0 Å². The topological polar surface area (TPSA) is 38.5 Å². The Morgan fingerprint density at radius 1 is 1.04 bits per heavy atom. The molecular formula is C21H41NO3Si. The predicted molar refractivity (Wildman–Crippen MR) is 112 cm³/mol. The summed E-state index contributed by atoms with van der Waals surface area (Å²) in [6.07, 6.45) is 4.33. The molecule has 1 fully saturated rings. The summed E-state index contributed by atoms with van der Waals surface area (Å²) in [7, 11) is -1.72. The van der Waals surface area contributed by atoms with Crippen LogP contribution in [0.5, 0.6) is 0 Å². The van der Waals surface area contributed by atoms with E-state index in [0.717, 1.165) is 0 Å². The first-order valence-corrected chi connectivity index (χ1v) is 12.6. The number of carbonyl (C=O) groups excluding carboxylic acids is 1. The molecule has 0 radical (unpaired) electrons. The lowest BCUT2D eigenvalue weighted by Crippen LogP contribution is -2.40. The van der Waals surface area contributed by atoms with E-state index in [0.29, 0.717) is 19.2 Å². The molecule has 1 aliphatic heterocycles. The summed E-state index contributed by atoms with van der Waals surface area (Å²) < 4.78 is 11.7. The minimum absolute atomic E-state index is 0.122. The van der Waals surface area contributed by atoms with Crippen LogP contribution in [0.1, 0.15) is 62.3 Å². The van der Waals surface area contributed by atoms with Crippen molar-refractivity contribution in [2.24, 2.45) is 5.41 Å². The monoisotopic (exact) mass is 383 g/mol. The number of nitrogens with zero attached hydrogens (tertiary/aromatic N) is 1. The van der Waals surface area contributed by atoms with Gasteiger partial charge in [-0.05, 0) is 44.3 Å². The Labute approximate surface area is 162 Å². The molecule has 1 aliphatic rings. The predicted octanol–water partition coefficient (Wildman–Crippen LogP) is 5.01. The maximum Gasteiger partial charge on any atom is 0.320 e. The standard InChI is InChI=1S/C21H41NO3Si/c1-19(2,3)18-16(22(18)15-17(23)25-20(4,5)6)13-12-14-24-26(10,11)21(7,8)9/h12-13,16,18H,14-15H2,1-11H3/b13-12+/t16-,18-,22?/m0/s1. The summed E-state index contributed by atoms with van der Waals surface area (Å²) in [5.41, 5.74) is -0.316. The lowest BCUT2D eigenvalue weighted by Gasteiger charge is -2.35. The Bertz CT molecular complexity index is 521. The second-order valence-electron chi connectivity index (χ2n) is 11.1. The summed E-state index contributed by atoms with van der Waals surface area (Å²) in [4.78, 5) is 14.4. The smallest absolute Gasteiger partial charge is 0.320 e. The summed E-state index contributed by atoms with van der Waals surface area (Å²) in [6, 6.07) is 0.643. The van der Waals surface area contributed by atoms with Crippen LogP contribution in [0.15, 0.2) is 12.2 Å². The molecule has 1 saturated heterocycles. The van der Waals surface area contributed by atoms with Gasteiger partial charge in [-0.2, -0.15) is 0 Å². The van der Waals surface area contributed by atoms with Crippen molar-refractivity contribution < 1.29 is 14.0 Å². The molecule has 0 aromatic carbocycles. The molecule has 4 nitrogen and oxygen atoms in total. The lowest BCUT2D eigenvalue weighted by molar-refractivity contribution is -0.155. The molecule has 0 aliphatic carbocycles. The molecule has 1 heterocycles. The third-order valence-corrected chi connectivity index (χ3v) is 9.77. The summed E-state index contributed by atoms with van der Waals surface area (Å²) >= 11 is 0. The van der Waals surface area contributed by atoms with Crippen LogP contribution >= 0.6 is 0 Å². The van der Waals surface area contributed by atoms with Gasteiger partial charge in [-0.25, -0.2) is 0 Å². The van der Waals surface area contributed by atoms with Gasteiger partial charge in [-0.3, -0.25) is 9.69 Å². The number of hydrogen-bond donors (Lipinski definition) is 0. The van der Waals surface area contributed by atoms with Crippen LogP contribution in [-0.2, 0) is 14.0 Å². The molecule has 1 unspecified atom stereocenters. The van der Waals surface area contributed by atoms with Crippen LogP contribution in [0.25, 0.3) is 0 Å². The highest BCUT2D eigenvalue weighted by Crippen LogP contribution is 2.42. The fourth-order valence-corrected chi connectivity index (χ4v) is 3.86. The first kappa shape index (κ1) is 23.4. The van der Waals surface area contributed by atoms with E-state index in [2.05, 4.69) is 71.7 Å². The number of ether oxygens (including phenoxy) is 1. The molecule has 0 saturated carbocycles. The second kappa shape index (κ2) is 7.76. The van der Waals surface area contributed by atoms with E-state index in [1.54, 1.807) is 0 Å².